The van der Waals surface area contributed by atoms with Crippen LogP contribution in [0, 0.1) is 0 Å². The first-order chi connectivity index (χ1) is 36.6. The van der Waals surface area contributed by atoms with Crippen LogP contribution in [-0.2, 0) is 50.4 Å². The van der Waals surface area contributed by atoms with Crippen molar-refractivity contribution in [1.82, 2.24) is 0 Å². The molecule has 0 radical (unpaired) electrons. The van der Waals surface area contributed by atoms with Crippen LogP contribution in [0.1, 0.15) is 22.3 Å². The molecule has 0 spiro atoms. The molecule has 10 rings (SSSR count). The molecule has 0 fully saturated rings. The Hall–Kier alpha value is -6.74. The first kappa shape index (κ1) is 65.5. The van der Waals surface area contributed by atoms with E-state index < -0.39 is 15.8 Å². The third kappa shape index (κ3) is 23.5. The summed E-state index contributed by atoms with van der Waals surface area (Å²) in [4.78, 5) is 23.2. The molecule has 0 N–H and O–H groups in total. The van der Waals surface area contributed by atoms with E-state index in [0.717, 1.165) is 22.3 Å². The van der Waals surface area contributed by atoms with Gasteiger partial charge in [-0.15, -0.1) is 24.8 Å². The summed E-state index contributed by atoms with van der Waals surface area (Å²) in [5.74, 6) is -0.0228. The molecule has 0 atom stereocenters. The summed E-state index contributed by atoms with van der Waals surface area (Å²) in [5, 5.41) is 8.39. The van der Waals surface area contributed by atoms with E-state index in [-0.39, 0.29) is 77.2 Å². The van der Waals surface area contributed by atoms with Crippen LogP contribution < -0.4 is 31.8 Å². The number of rotatable bonds is 14. The van der Waals surface area contributed by atoms with Crippen molar-refractivity contribution in [2.75, 3.05) is 0 Å². The van der Waals surface area contributed by atoms with Gasteiger partial charge in [-0.2, -0.15) is 0 Å². The zero-order valence-corrected chi connectivity index (χ0v) is 49.2. The second-order valence-corrected chi connectivity index (χ2v) is 20.9. The van der Waals surface area contributed by atoms with Crippen molar-refractivity contribution in [3.05, 3.63) is 350 Å². The van der Waals surface area contributed by atoms with Crippen LogP contribution in [0.4, 0.5) is 0 Å². The van der Waals surface area contributed by atoms with E-state index in [1.54, 1.807) is 24.3 Å². The maximum absolute atomic E-state index is 11.6. The van der Waals surface area contributed by atoms with E-state index in [0.29, 0.717) is 0 Å². The molecule has 0 amide bonds. The van der Waals surface area contributed by atoms with Crippen molar-refractivity contribution < 1.29 is 50.4 Å². The van der Waals surface area contributed by atoms with Crippen LogP contribution in [0.3, 0.4) is 0 Å². The Morgan fingerprint density at radius 1 is 0.218 bits per heavy atom. The van der Waals surface area contributed by atoms with Crippen LogP contribution in [0.25, 0.3) is 24.3 Å². The fourth-order valence-electron chi connectivity index (χ4n) is 7.44. The third-order valence-corrected chi connectivity index (χ3v) is 15.9. The Kier molecular flexibility index (Phi) is 32.6. The minimum Gasteiger partial charge on any atom is -0.290 e. The monoisotopic (exact) mass is 1280 g/mol. The number of benzene rings is 10. The van der Waals surface area contributed by atoms with E-state index in [1.807, 2.05) is 146 Å². The number of carbonyl (C=O) groups excluding carboxylic acids is 2. The summed E-state index contributed by atoms with van der Waals surface area (Å²) in [6.07, 6.45) is 13.6. The SMILES string of the molecule is Cl.Cl.O=C(C=Cc1ccccc1)C=Cc1ccccc1.O=C(C=Cc1ccccc1)C=Cc1ccccc1.[Pd].[Pd].c1ccc(P(c2ccccc2)c2ccccc2)cc1.c1ccc(P(c2ccccc2)c2ccccc2)cc1. The molecule has 0 bridgehead atoms. The van der Waals surface area contributed by atoms with Crippen molar-refractivity contribution in [2.24, 2.45) is 0 Å². The van der Waals surface area contributed by atoms with E-state index in [2.05, 4.69) is 182 Å². The Balaban J connectivity index is 0.000000269. The van der Waals surface area contributed by atoms with E-state index in [4.69, 9.17) is 0 Å². The van der Waals surface area contributed by atoms with Gasteiger partial charge in [0.15, 0.2) is 11.6 Å². The number of halogens is 2. The average Bonchev–Trinajstić information content (AvgIpc) is 3.50. The number of hydrogen-bond acceptors (Lipinski definition) is 2. The van der Waals surface area contributed by atoms with Gasteiger partial charge in [-0.3, -0.25) is 9.59 Å². The number of allylic oxidation sites excluding steroid dienone is 4. The number of ketones is 2. The predicted octanol–water partition coefficient (Wildman–Crippen LogP) is 15.7. The maximum atomic E-state index is 11.6. The van der Waals surface area contributed by atoms with Crippen LogP contribution in [-0.4, -0.2) is 11.6 Å². The maximum Gasteiger partial charge on any atom is 0.178 e. The van der Waals surface area contributed by atoms with Gasteiger partial charge in [0.2, 0.25) is 0 Å². The van der Waals surface area contributed by atoms with Gasteiger partial charge in [-0.25, -0.2) is 0 Å². The van der Waals surface area contributed by atoms with Gasteiger partial charge in [0.1, 0.15) is 0 Å². The molecule has 0 aliphatic heterocycles. The summed E-state index contributed by atoms with van der Waals surface area (Å²) in [6.45, 7) is 0. The van der Waals surface area contributed by atoms with Crippen LogP contribution in [0.15, 0.2) is 328 Å². The molecular weight excluding hydrogens is 1220 g/mol. The topological polar surface area (TPSA) is 34.1 Å². The zero-order chi connectivity index (χ0) is 51.1. The Morgan fingerprint density at radius 3 is 0.487 bits per heavy atom. The first-order valence-electron chi connectivity index (χ1n) is 24.5. The summed E-state index contributed by atoms with van der Waals surface area (Å²) in [5.41, 5.74) is 4.11. The molecule has 2 nitrogen and oxygen atoms in total. The zero-order valence-electron chi connectivity index (χ0n) is 42.6. The van der Waals surface area contributed by atoms with Crippen molar-refractivity contribution in [1.29, 1.82) is 0 Å². The summed E-state index contributed by atoms with van der Waals surface area (Å²) >= 11 is 0. The molecule has 8 heteroatoms. The number of hydrogen-bond donors (Lipinski definition) is 0. The molecular formula is C70H60Cl2O2P2Pd2. The summed E-state index contributed by atoms with van der Waals surface area (Å²) in [6, 6.07) is 104. The molecule has 10 aromatic rings. The molecule has 0 saturated heterocycles. The van der Waals surface area contributed by atoms with Crippen LogP contribution >= 0.6 is 40.7 Å². The molecule has 396 valence electrons. The van der Waals surface area contributed by atoms with Crippen molar-refractivity contribution in [2.45, 2.75) is 0 Å². The Bertz CT molecular complexity index is 2750. The molecule has 0 heterocycles. The van der Waals surface area contributed by atoms with Gasteiger partial charge >= 0.3 is 0 Å². The molecule has 0 aromatic heterocycles. The Morgan fingerprint density at radius 2 is 0.346 bits per heavy atom. The Labute approximate surface area is 504 Å². The van der Waals surface area contributed by atoms with E-state index >= 15 is 0 Å². The average molecular weight is 1280 g/mol. The van der Waals surface area contributed by atoms with Crippen LogP contribution in [0.2, 0.25) is 0 Å². The van der Waals surface area contributed by atoms with E-state index in [9.17, 15) is 9.59 Å². The molecule has 0 saturated carbocycles. The van der Waals surface area contributed by atoms with Crippen LogP contribution in [0.5, 0.6) is 0 Å². The largest absolute Gasteiger partial charge is 0.290 e. The van der Waals surface area contributed by atoms with Gasteiger partial charge in [-0.05, 0) is 94.2 Å². The minimum absolute atomic E-state index is 0. The van der Waals surface area contributed by atoms with Crippen molar-refractivity contribution in [3.8, 4) is 0 Å². The fourth-order valence-corrected chi connectivity index (χ4v) is 12.0. The summed E-state index contributed by atoms with van der Waals surface area (Å²) in [7, 11) is -0.892. The fraction of sp³-hybridized carbons (Fsp3) is 0. The second-order valence-electron chi connectivity index (χ2n) is 16.5. The predicted molar refractivity (Wildman–Crippen MR) is 337 cm³/mol. The molecule has 10 aromatic carbocycles. The quantitative estimate of drug-likeness (QED) is 0.0618. The number of carbonyl (C=O) groups is 2. The van der Waals surface area contributed by atoms with Gasteiger partial charge in [0.25, 0.3) is 0 Å². The molecule has 0 unspecified atom stereocenters. The molecule has 0 aliphatic carbocycles. The molecule has 0 aliphatic rings. The minimum atomic E-state index is -0.446. The molecule has 78 heavy (non-hydrogen) atoms. The van der Waals surface area contributed by atoms with Crippen molar-refractivity contribution >= 4 is 108 Å². The first-order valence-corrected chi connectivity index (χ1v) is 27.2. The third-order valence-electron chi connectivity index (χ3n) is 11.0. The standard InChI is InChI=1S/2C18H15P.2C17H14O.2ClH.2Pd/c2*1-4-10-16(11-5-1)19(17-12-6-2-7-13-17)18-14-8-3-9-15-18;2*18-17(13-11-15-7-3-1-4-8-15)14-12-16-9-5-2-6-10-16;;;;/h2*1-15H;2*1-14H;2*1H;;. The normalized spacial score (nSPS) is 10.3. The summed E-state index contributed by atoms with van der Waals surface area (Å²) < 4.78 is 0. The van der Waals surface area contributed by atoms with Gasteiger partial charge in [-0.1, -0.05) is 328 Å². The van der Waals surface area contributed by atoms with Gasteiger partial charge in [0.05, 0.1) is 0 Å². The van der Waals surface area contributed by atoms with Crippen molar-refractivity contribution in [3.63, 3.8) is 0 Å². The van der Waals surface area contributed by atoms with E-state index in [1.165, 1.54) is 31.8 Å². The van der Waals surface area contributed by atoms with Gasteiger partial charge < -0.3 is 0 Å². The second kappa shape index (κ2) is 38.8. The van der Waals surface area contributed by atoms with Gasteiger partial charge in [0, 0.05) is 40.8 Å². The smallest absolute Gasteiger partial charge is 0.178 e.